The summed E-state index contributed by atoms with van der Waals surface area (Å²) in [7, 11) is -1.33. The first-order valence-electron chi connectivity index (χ1n) is 22.6. The predicted octanol–water partition coefficient (Wildman–Crippen LogP) is 15.9. The molecule has 6 heteroatoms. The summed E-state index contributed by atoms with van der Waals surface area (Å²) in [6.07, 6.45) is 9.25. The van der Waals surface area contributed by atoms with Crippen LogP contribution in [0.25, 0.3) is 66.8 Å². The molecule has 0 unspecified atom stereocenters. The average Bonchev–Trinajstić information content (AvgIpc) is 3.72. The van der Waals surface area contributed by atoms with Crippen molar-refractivity contribution in [3.05, 3.63) is 193 Å². The number of para-hydroxylation sites is 1. The van der Waals surface area contributed by atoms with Gasteiger partial charge in [-0.05, 0) is 107 Å². The predicted molar refractivity (Wildman–Crippen MR) is 272 cm³/mol. The third-order valence-corrected chi connectivity index (χ3v) is 13.9. The first-order valence-corrected chi connectivity index (χ1v) is 26.1. The van der Waals surface area contributed by atoms with Crippen molar-refractivity contribution < 1.29 is 24.5 Å². The molecule has 0 aliphatic rings. The van der Waals surface area contributed by atoms with Gasteiger partial charge in [0.15, 0.2) is 0 Å². The molecule has 0 atom stereocenters. The summed E-state index contributed by atoms with van der Waals surface area (Å²) < 4.78 is 6.41. The van der Waals surface area contributed by atoms with E-state index >= 15 is 0 Å². The topological polar surface area (TPSA) is 51.8 Å². The molecule has 0 N–H and O–H groups in total. The fourth-order valence-corrected chi connectivity index (χ4v) is 10.00. The van der Waals surface area contributed by atoms with Gasteiger partial charge < -0.3 is 4.42 Å². The Morgan fingerprint density at radius 2 is 1.11 bits per heavy atom. The molecule has 9 aromatic rings. The Labute approximate surface area is 395 Å². The number of pyridine rings is 3. The fraction of sp³-hybridized carbons (Fsp3) is 0.224. The van der Waals surface area contributed by atoms with E-state index < -0.39 is 8.07 Å². The Morgan fingerprint density at radius 1 is 0.547 bits per heavy atom. The molecule has 64 heavy (non-hydrogen) atoms. The largest absolute Gasteiger partial charge is 0.455 e. The molecule has 327 valence electrons. The summed E-state index contributed by atoms with van der Waals surface area (Å²) in [4.78, 5) is 13.8. The minimum absolute atomic E-state index is 0. The van der Waals surface area contributed by atoms with Crippen molar-refractivity contribution in [1.82, 2.24) is 15.0 Å². The number of hydrogen-bond donors (Lipinski definition) is 0. The van der Waals surface area contributed by atoms with Gasteiger partial charge in [-0.1, -0.05) is 170 Å². The normalized spacial score (nSPS) is 11.2. The van der Waals surface area contributed by atoms with Crippen LogP contribution in [0.5, 0.6) is 0 Å². The Bertz CT molecular complexity index is 2870. The van der Waals surface area contributed by atoms with E-state index in [1.807, 2.05) is 42.7 Å². The number of nitrogens with zero attached hydrogens (tertiary/aromatic N) is 3. The summed E-state index contributed by atoms with van der Waals surface area (Å²) >= 11 is 0. The first-order chi connectivity index (χ1) is 30.6. The second-order valence-electron chi connectivity index (χ2n) is 17.5. The van der Waals surface area contributed by atoms with Crippen LogP contribution in [0.4, 0.5) is 0 Å². The molecule has 0 bridgehead atoms. The van der Waals surface area contributed by atoms with Crippen LogP contribution in [-0.4, -0.2) is 23.0 Å². The molecule has 0 fully saturated rings. The molecule has 0 spiro atoms. The summed E-state index contributed by atoms with van der Waals surface area (Å²) in [6, 6.07) is 54.8. The summed E-state index contributed by atoms with van der Waals surface area (Å²) in [5.41, 5.74) is 14.9. The molecular formula is C58H61IrN3OSi. The van der Waals surface area contributed by atoms with Crippen LogP contribution in [0, 0.1) is 0 Å². The van der Waals surface area contributed by atoms with Crippen molar-refractivity contribution in [2.45, 2.75) is 85.4 Å². The zero-order valence-corrected chi connectivity index (χ0v) is 42.0. The van der Waals surface area contributed by atoms with Crippen molar-refractivity contribution in [3.8, 4) is 44.9 Å². The van der Waals surface area contributed by atoms with E-state index in [4.69, 9.17) is 14.4 Å². The van der Waals surface area contributed by atoms with Crippen molar-refractivity contribution in [2.24, 2.45) is 0 Å². The monoisotopic (exact) mass is 1040 g/mol. The minimum atomic E-state index is -1.33. The summed E-state index contributed by atoms with van der Waals surface area (Å²) in [5.74, 6) is 1.11. The van der Waals surface area contributed by atoms with E-state index in [1.165, 1.54) is 44.1 Å². The van der Waals surface area contributed by atoms with E-state index in [1.54, 1.807) is 0 Å². The van der Waals surface area contributed by atoms with Crippen molar-refractivity contribution in [3.63, 3.8) is 0 Å². The number of benzene rings is 5. The van der Waals surface area contributed by atoms with Crippen LogP contribution in [0.2, 0.25) is 19.6 Å². The zero-order valence-electron chi connectivity index (χ0n) is 38.6. The van der Waals surface area contributed by atoms with Gasteiger partial charge in [0.1, 0.15) is 11.2 Å². The van der Waals surface area contributed by atoms with Crippen molar-refractivity contribution in [2.75, 3.05) is 0 Å². The second-order valence-corrected chi connectivity index (χ2v) is 22.6. The van der Waals surface area contributed by atoms with Gasteiger partial charge in [0, 0.05) is 66.2 Å². The van der Waals surface area contributed by atoms with Gasteiger partial charge in [-0.2, -0.15) is 0 Å². The maximum atomic E-state index is 6.41. The van der Waals surface area contributed by atoms with Gasteiger partial charge in [0.2, 0.25) is 0 Å². The van der Waals surface area contributed by atoms with E-state index in [9.17, 15) is 0 Å². The number of aryl methyl sites for hydroxylation is 1. The van der Waals surface area contributed by atoms with Gasteiger partial charge in [0.25, 0.3) is 0 Å². The van der Waals surface area contributed by atoms with Crippen molar-refractivity contribution >= 4 is 35.2 Å². The molecular weight excluding hydrogens is 975 g/mol. The molecule has 9 rings (SSSR count). The summed E-state index contributed by atoms with van der Waals surface area (Å²) in [5, 5.41) is 3.79. The number of fused-ring (bicyclic) bond motifs is 3. The van der Waals surface area contributed by atoms with Crippen LogP contribution < -0.4 is 5.19 Å². The van der Waals surface area contributed by atoms with E-state index in [-0.39, 0.29) is 20.1 Å². The molecule has 0 saturated heterocycles. The minimum Gasteiger partial charge on any atom is -0.455 e. The van der Waals surface area contributed by atoms with Crippen LogP contribution in [0.3, 0.4) is 0 Å². The van der Waals surface area contributed by atoms with Crippen LogP contribution in [0.1, 0.15) is 76.0 Å². The zero-order chi connectivity index (χ0) is 44.3. The summed E-state index contributed by atoms with van der Waals surface area (Å²) in [6.45, 7) is 18.4. The molecule has 0 aliphatic carbocycles. The smallest absolute Gasteiger partial charge is 0.144 e. The number of furan rings is 1. The standard InChI is InChI=1S/C28H25NO.C17H23NSi.C13H13N.Ir/c1-3-19(4-2)21-16-17-29-25(18-21)23-13-8-14-24-27-22(20-10-6-5-7-11-20)12-9-15-26(27)30-28(23)24;1-13(2)15-11-16(14-9-7-6-8-10-14)18-12-17(15)19(3,4)5;1-2-11-8-9-14-13(10-11)12-6-4-3-5-7-12;/h5-19H,3-4H2,1-2H3;6-13H,1-5H3;3-10H,2H2,1H3;. The van der Waals surface area contributed by atoms with Crippen molar-refractivity contribution in [1.29, 1.82) is 0 Å². The molecule has 0 amide bonds. The number of rotatable bonds is 10. The van der Waals surface area contributed by atoms with Crippen LogP contribution in [0.15, 0.2) is 181 Å². The van der Waals surface area contributed by atoms with Gasteiger partial charge in [-0.3, -0.25) is 15.0 Å². The SMILES string of the molecule is CC(C)c1cc(-c2ccccc2)ncc1[Si](C)(C)C.CCC(CC)c1ccnc(-c2cccc3c2oc2cccc(-c4ccccc4)c23)c1.CCc1ccnc(-c2ccccc2)c1.[Ir]. The third kappa shape index (κ3) is 11.3. The molecule has 5 aromatic carbocycles. The van der Waals surface area contributed by atoms with Crippen LogP contribution >= 0.6 is 0 Å². The van der Waals surface area contributed by atoms with E-state index in [0.29, 0.717) is 11.8 Å². The molecule has 1 radical (unpaired) electrons. The molecule has 0 aliphatic heterocycles. The maximum absolute atomic E-state index is 6.41. The Balaban J connectivity index is 0.000000172. The average molecular weight is 1040 g/mol. The third-order valence-electron chi connectivity index (χ3n) is 11.9. The van der Waals surface area contributed by atoms with Gasteiger partial charge in [0.05, 0.1) is 25.2 Å². The number of aromatic nitrogens is 3. The quantitative estimate of drug-likeness (QED) is 0.128. The maximum Gasteiger partial charge on any atom is 0.144 e. The van der Waals surface area contributed by atoms with Gasteiger partial charge >= 0.3 is 0 Å². The van der Waals surface area contributed by atoms with Gasteiger partial charge in [-0.25, -0.2) is 0 Å². The second kappa shape index (κ2) is 22.2. The molecule has 4 aromatic heterocycles. The fourth-order valence-electron chi connectivity index (χ4n) is 8.32. The van der Waals surface area contributed by atoms with E-state index in [2.05, 4.69) is 193 Å². The Kier molecular flexibility index (Phi) is 16.6. The Hall–Kier alpha value is -5.78. The Morgan fingerprint density at radius 3 is 1.70 bits per heavy atom. The van der Waals surface area contributed by atoms with E-state index in [0.717, 1.165) is 63.8 Å². The van der Waals surface area contributed by atoms with Gasteiger partial charge in [-0.15, -0.1) is 0 Å². The van der Waals surface area contributed by atoms with Crippen LogP contribution in [-0.2, 0) is 26.5 Å². The first kappa shape index (κ1) is 47.7. The molecule has 0 saturated carbocycles. The molecule has 4 heterocycles. The number of hydrogen-bond acceptors (Lipinski definition) is 4. The molecule has 4 nitrogen and oxygen atoms in total.